The number of nitrogens with zero attached hydrogens (tertiary/aromatic N) is 1. The van der Waals surface area contributed by atoms with Crippen molar-refractivity contribution in [2.24, 2.45) is 0 Å². The van der Waals surface area contributed by atoms with Crippen LogP contribution < -0.4 is 11.0 Å². The van der Waals surface area contributed by atoms with E-state index in [2.05, 4.69) is 32.6 Å². The average Bonchev–Trinajstić information content (AvgIpc) is 2.99. The lowest BCUT2D eigenvalue weighted by Gasteiger charge is -2.13. The second kappa shape index (κ2) is 5.22. The molecule has 0 aliphatic heterocycles. The van der Waals surface area contributed by atoms with Gasteiger partial charge in [-0.15, -0.1) is 11.3 Å². The highest BCUT2D eigenvalue weighted by atomic mass is 32.1. The molecule has 1 atom stereocenters. The zero-order chi connectivity index (χ0) is 14.1. The third-order valence-corrected chi connectivity index (χ3v) is 4.12. The van der Waals surface area contributed by atoms with Crippen LogP contribution >= 0.6 is 11.3 Å². The zero-order valence-corrected chi connectivity index (χ0v) is 12.2. The first-order chi connectivity index (χ1) is 9.61. The molecule has 1 aromatic carbocycles. The van der Waals surface area contributed by atoms with E-state index in [1.807, 2.05) is 25.1 Å². The van der Waals surface area contributed by atoms with Crippen molar-refractivity contribution < 1.29 is 0 Å². The molecule has 6 heteroatoms. The van der Waals surface area contributed by atoms with Gasteiger partial charge >= 0.3 is 5.69 Å². The lowest BCUT2D eigenvalue weighted by molar-refractivity contribution is 0.569. The molecule has 0 amide bonds. The molecule has 0 spiro atoms. The molecular formula is C14H16N4OS. The summed E-state index contributed by atoms with van der Waals surface area (Å²) in [6.45, 7) is 4.85. The largest absolute Gasteiger partial charge is 0.323 e. The van der Waals surface area contributed by atoms with Crippen LogP contribution in [0.3, 0.4) is 0 Å². The van der Waals surface area contributed by atoms with Crippen molar-refractivity contribution in [3.8, 4) is 0 Å². The van der Waals surface area contributed by atoms with Gasteiger partial charge in [-0.1, -0.05) is 6.07 Å². The van der Waals surface area contributed by atoms with Crippen LogP contribution in [0.1, 0.15) is 29.2 Å². The molecule has 0 aliphatic carbocycles. The number of thiazole rings is 1. The van der Waals surface area contributed by atoms with Gasteiger partial charge in [-0.25, -0.2) is 9.78 Å². The predicted octanol–water partition coefficient (Wildman–Crippen LogP) is 2.47. The summed E-state index contributed by atoms with van der Waals surface area (Å²) >= 11 is 1.66. The Morgan fingerprint density at radius 1 is 1.35 bits per heavy atom. The molecule has 0 fully saturated rings. The molecule has 0 bridgehead atoms. The molecule has 3 N–H and O–H groups in total. The average molecular weight is 288 g/mol. The summed E-state index contributed by atoms with van der Waals surface area (Å²) < 4.78 is 0. The van der Waals surface area contributed by atoms with Crippen molar-refractivity contribution in [3.05, 3.63) is 50.3 Å². The van der Waals surface area contributed by atoms with Crippen LogP contribution in [0.4, 0.5) is 0 Å². The first-order valence-corrected chi connectivity index (χ1v) is 7.36. The second-order valence-electron chi connectivity index (χ2n) is 4.84. The summed E-state index contributed by atoms with van der Waals surface area (Å²) in [5.74, 6) is 0. The van der Waals surface area contributed by atoms with E-state index in [4.69, 9.17) is 0 Å². The fourth-order valence-electron chi connectivity index (χ4n) is 2.18. The molecule has 2 aromatic heterocycles. The highest BCUT2D eigenvalue weighted by Gasteiger charge is 2.08. The van der Waals surface area contributed by atoms with Gasteiger partial charge in [0.1, 0.15) is 0 Å². The summed E-state index contributed by atoms with van der Waals surface area (Å²) in [6, 6.07) is 6.14. The molecule has 3 rings (SSSR count). The Morgan fingerprint density at radius 2 is 2.15 bits per heavy atom. The van der Waals surface area contributed by atoms with Crippen LogP contribution in [-0.2, 0) is 6.54 Å². The Labute approximate surface area is 120 Å². The van der Waals surface area contributed by atoms with Gasteiger partial charge in [-0.3, -0.25) is 0 Å². The maximum atomic E-state index is 11.2. The van der Waals surface area contributed by atoms with Crippen molar-refractivity contribution in [2.45, 2.75) is 26.4 Å². The van der Waals surface area contributed by atoms with E-state index in [1.165, 1.54) is 0 Å². The van der Waals surface area contributed by atoms with Gasteiger partial charge < -0.3 is 15.3 Å². The fourth-order valence-corrected chi connectivity index (χ4v) is 2.80. The molecule has 104 valence electrons. The number of aromatic amines is 2. The van der Waals surface area contributed by atoms with Gasteiger partial charge in [-0.2, -0.15) is 0 Å². The number of fused-ring (bicyclic) bond motifs is 1. The van der Waals surface area contributed by atoms with E-state index in [9.17, 15) is 4.79 Å². The minimum Gasteiger partial charge on any atom is -0.306 e. The monoisotopic (exact) mass is 288 g/mol. The smallest absolute Gasteiger partial charge is 0.306 e. The molecule has 1 unspecified atom stereocenters. The molecule has 3 aromatic rings. The SMILES string of the molecule is Cc1nc(CNC(C)c2ccc3[nH]c(=O)[nH]c3c2)cs1. The van der Waals surface area contributed by atoms with Crippen LogP contribution in [0.2, 0.25) is 0 Å². The van der Waals surface area contributed by atoms with Gasteiger partial charge in [0.25, 0.3) is 0 Å². The van der Waals surface area contributed by atoms with Gasteiger partial charge in [-0.05, 0) is 31.5 Å². The molecule has 0 saturated heterocycles. The first-order valence-electron chi connectivity index (χ1n) is 6.48. The van der Waals surface area contributed by atoms with Crippen LogP contribution in [-0.4, -0.2) is 15.0 Å². The normalized spacial score (nSPS) is 12.9. The Balaban J connectivity index is 1.74. The molecular weight excluding hydrogens is 272 g/mol. The second-order valence-corrected chi connectivity index (χ2v) is 5.91. The van der Waals surface area contributed by atoms with Crippen LogP contribution in [0.15, 0.2) is 28.4 Å². The number of benzene rings is 1. The predicted molar refractivity (Wildman–Crippen MR) is 81.0 cm³/mol. The van der Waals surface area contributed by atoms with Crippen LogP contribution in [0.25, 0.3) is 11.0 Å². The number of hydrogen-bond acceptors (Lipinski definition) is 4. The number of H-pyrrole nitrogens is 2. The topological polar surface area (TPSA) is 73.6 Å². The number of rotatable bonds is 4. The minimum atomic E-state index is -0.171. The third-order valence-electron chi connectivity index (χ3n) is 3.30. The highest BCUT2D eigenvalue weighted by molar-refractivity contribution is 7.09. The van der Waals surface area contributed by atoms with E-state index < -0.39 is 0 Å². The molecule has 0 radical (unpaired) electrons. The zero-order valence-electron chi connectivity index (χ0n) is 11.4. The number of hydrogen-bond donors (Lipinski definition) is 3. The van der Waals surface area contributed by atoms with Crippen LogP contribution in [0, 0.1) is 6.92 Å². The Bertz CT molecular complexity index is 786. The number of aryl methyl sites for hydroxylation is 1. The summed E-state index contributed by atoms with van der Waals surface area (Å²) in [5, 5.41) is 6.60. The quantitative estimate of drug-likeness (QED) is 0.690. The number of aromatic nitrogens is 3. The van der Waals surface area contributed by atoms with Gasteiger partial charge in [0, 0.05) is 18.0 Å². The number of nitrogens with one attached hydrogen (secondary N) is 3. The summed E-state index contributed by atoms with van der Waals surface area (Å²) in [6.07, 6.45) is 0. The maximum Gasteiger partial charge on any atom is 0.323 e. The van der Waals surface area contributed by atoms with E-state index in [1.54, 1.807) is 11.3 Å². The lowest BCUT2D eigenvalue weighted by atomic mass is 10.1. The van der Waals surface area contributed by atoms with Gasteiger partial charge in [0.15, 0.2) is 0 Å². The van der Waals surface area contributed by atoms with Crippen molar-refractivity contribution >= 4 is 22.4 Å². The summed E-state index contributed by atoms with van der Waals surface area (Å²) in [5.41, 5.74) is 3.71. The molecule has 20 heavy (non-hydrogen) atoms. The first kappa shape index (κ1) is 13.1. The number of imidazole rings is 1. The minimum absolute atomic E-state index is 0.171. The highest BCUT2D eigenvalue weighted by Crippen LogP contribution is 2.17. The maximum absolute atomic E-state index is 11.2. The molecule has 0 aliphatic rings. The van der Waals surface area contributed by atoms with Crippen LogP contribution in [0.5, 0.6) is 0 Å². The Hall–Kier alpha value is -1.92. The molecule has 0 saturated carbocycles. The summed E-state index contributed by atoms with van der Waals surface area (Å²) in [7, 11) is 0. The van der Waals surface area contributed by atoms with E-state index in [0.29, 0.717) is 0 Å². The molecule has 5 nitrogen and oxygen atoms in total. The van der Waals surface area contributed by atoms with E-state index in [-0.39, 0.29) is 11.7 Å². The Kier molecular flexibility index (Phi) is 3.42. The standard InChI is InChI=1S/C14H16N4OS/c1-8(15-6-11-7-20-9(2)16-11)10-3-4-12-13(5-10)18-14(19)17-12/h3-5,7-8,15H,6H2,1-2H3,(H2,17,18,19). The lowest BCUT2D eigenvalue weighted by Crippen LogP contribution is -2.18. The van der Waals surface area contributed by atoms with E-state index in [0.717, 1.165) is 33.8 Å². The third kappa shape index (κ3) is 2.66. The Morgan fingerprint density at radius 3 is 2.90 bits per heavy atom. The van der Waals surface area contributed by atoms with E-state index >= 15 is 0 Å². The van der Waals surface area contributed by atoms with Crippen molar-refractivity contribution in [2.75, 3.05) is 0 Å². The fraction of sp³-hybridized carbons (Fsp3) is 0.286. The van der Waals surface area contributed by atoms with Crippen molar-refractivity contribution in [3.63, 3.8) is 0 Å². The van der Waals surface area contributed by atoms with Gasteiger partial charge in [0.2, 0.25) is 0 Å². The van der Waals surface area contributed by atoms with Crippen molar-refractivity contribution in [1.82, 2.24) is 20.3 Å². The summed E-state index contributed by atoms with van der Waals surface area (Å²) in [4.78, 5) is 21.2. The van der Waals surface area contributed by atoms with Gasteiger partial charge in [0.05, 0.1) is 21.7 Å². The van der Waals surface area contributed by atoms with Crippen molar-refractivity contribution in [1.29, 1.82) is 0 Å². The molecule has 2 heterocycles.